The lowest BCUT2D eigenvalue weighted by Crippen LogP contribution is -2.31. The number of aromatic nitrogens is 2. The first-order chi connectivity index (χ1) is 9.35. The van der Waals surface area contributed by atoms with Gasteiger partial charge in [0.25, 0.3) is 0 Å². The van der Waals surface area contributed by atoms with Gasteiger partial charge in [0, 0.05) is 43.4 Å². The van der Waals surface area contributed by atoms with E-state index >= 15 is 0 Å². The van der Waals surface area contributed by atoms with Crippen LogP contribution in [-0.2, 0) is 25.9 Å². The molecule has 3 heterocycles. The van der Waals surface area contributed by atoms with E-state index in [0.717, 1.165) is 50.5 Å². The average Bonchev–Trinajstić information content (AvgIpc) is 2.92. The maximum absolute atomic E-state index is 5.40. The highest BCUT2D eigenvalue weighted by atomic mass is 16.3. The summed E-state index contributed by atoms with van der Waals surface area (Å²) in [6.45, 7) is 4.98. The fourth-order valence-corrected chi connectivity index (χ4v) is 2.52. The van der Waals surface area contributed by atoms with Gasteiger partial charge < -0.3 is 4.42 Å². The number of hydrogen-bond donors (Lipinski definition) is 0. The molecule has 1 aliphatic heterocycles. The van der Waals surface area contributed by atoms with Crippen LogP contribution in [-0.4, -0.2) is 21.4 Å². The summed E-state index contributed by atoms with van der Waals surface area (Å²) in [5, 5.41) is 0. The fourth-order valence-electron chi connectivity index (χ4n) is 2.52. The standard InChI is InChI=1S/C15H19N3O/c1-2-4-15-16-9-12-10-18(7-6-14(12)17-15)11-13-5-3-8-19-13/h3,5,8-9H,2,4,6-7,10-11H2,1H3. The summed E-state index contributed by atoms with van der Waals surface area (Å²) in [4.78, 5) is 11.5. The number of nitrogens with zero attached hydrogens (tertiary/aromatic N) is 3. The van der Waals surface area contributed by atoms with E-state index in [0.29, 0.717) is 0 Å². The van der Waals surface area contributed by atoms with Crippen molar-refractivity contribution in [3.8, 4) is 0 Å². The Morgan fingerprint density at radius 2 is 2.37 bits per heavy atom. The largest absolute Gasteiger partial charge is 0.468 e. The molecule has 4 nitrogen and oxygen atoms in total. The number of rotatable bonds is 4. The van der Waals surface area contributed by atoms with Gasteiger partial charge in [0.2, 0.25) is 0 Å². The highest BCUT2D eigenvalue weighted by Gasteiger charge is 2.18. The number of aryl methyl sites for hydroxylation is 1. The normalized spacial score (nSPS) is 15.4. The molecule has 19 heavy (non-hydrogen) atoms. The quantitative estimate of drug-likeness (QED) is 0.844. The van der Waals surface area contributed by atoms with Crippen LogP contribution in [0.1, 0.15) is 36.2 Å². The molecule has 1 aliphatic rings. The summed E-state index contributed by atoms with van der Waals surface area (Å²) in [6, 6.07) is 3.96. The zero-order valence-electron chi connectivity index (χ0n) is 11.3. The van der Waals surface area contributed by atoms with Crippen LogP contribution in [0.5, 0.6) is 0 Å². The Morgan fingerprint density at radius 1 is 1.42 bits per heavy atom. The van der Waals surface area contributed by atoms with E-state index in [9.17, 15) is 0 Å². The van der Waals surface area contributed by atoms with Gasteiger partial charge in [0.1, 0.15) is 11.6 Å². The van der Waals surface area contributed by atoms with Crippen molar-refractivity contribution in [1.82, 2.24) is 14.9 Å². The Kier molecular flexibility index (Phi) is 3.60. The lowest BCUT2D eigenvalue weighted by molar-refractivity contribution is 0.223. The van der Waals surface area contributed by atoms with E-state index in [1.807, 2.05) is 18.3 Å². The summed E-state index contributed by atoms with van der Waals surface area (Å²) < 4.78 is 5.40. The second-order valence-electron chi connectivity index (χ2n) is 5.05. The highest BCUT2D eigenvalue weighted by Crippen LogP contribution is 2.19. The molecule has 0 bridgehead atoms. The summed E-state index contributed by atoms with van der Waals surface area (Å²) in [5.41, 5.74) is 2.49. The smallest absolute Gasteiger partial charge is 0.128 e. The summed E-state index contributed by atoms with van der Waals surface area (Å²) in [6.07, 6.45) is 6.82. The lowest BCUT2D eigenvalue weighted by Gasteiger charge is -2.27. The fraction of sp³-hybridized carbons (Fsp3) is 0.467. The van der Waals surface area contributed by atoms with Crippen molar-refractivity contribution in [2.75, 3.05) is 6.54 Å². The van der Waals surface area contributed by atoms with Crippen molar-refractivity contribution >= 4 is 0 Å². The van der Waals surface area contributed by atoms with Gasteiger partial charge in [0.05, 0.1) is 12.8 Å². The van der Waals surface area contributed by atoms with E-state index in [1.54, 1.807) is 6.26 Å². The van der Waals surface area contributed by atoms with Crippen molar-refractivity contribution in [1.29, 1.82) is 0 Å². The molecule has 3 rings (SSSR count). The van der Waals surface area contributed by atoms with Crippen LogP contribution in [0.25, 0.3) is 0 Å². The first kappa shape index (κ1) is 12.4. The molecule has 0 spiro atoms. The third-order valence-electron chi connectivity index (χ3n) is 3.50. The molecule has 0 atom stereocenters. The zero-order valence-corrected chi connectivity index (χ0v) is 11.3. The van der Waals surface area contributed by atoms with Gasteiger partial charge in [-0.15, -0.1) is 0 Å². The zero-order chi connectivity index (χ0) is 13.1. The van der Waals surface area contributed by atoms with Gasteiger partial charge in [-0.25, -0.2) is 9.97 Å². The average molecular weight is 257 g/mol. The SMILES string of the molecule is CCCc1ncc2c(n1)CCN(Cc1ccco1)C2. The predicted molar refractivity (Wildman–Crippen MR) is 72.6 cm³/mol. The minimum Gasteiger partial charge on any atom is -0.468 e. The molecule has 0 saturated carbocycles. The Balaban J connectivity index is 1.70. The molecule has 0 aliphatic carbocycles. The minimum atomic E-state index is 0.864. The number of fused-ring (bicyclic) bond motifs is 1. The molecule has 0 radical (unpaired) electrons. The minimum absolute atomic E-state index is 0.864. The third-order valence-corrected chi connectivity index (χ3v) is 3.50. The van der Waals surface area contributed by atoms with Crippen LogP contribution >= 0.6 is 0 Å². The summed E-state index contributed by atoms with van der Waals surface area (Å²) in [7, 11) is 0. The second kappa shape index (κ2) is 5.53. The van der Waals surface area contributed by atoms with Gasteiger partial charge in [-0.05, 0) is 18.6 Å². The van der Waals surface area contributed by atoms with Crippen molar-refractivity contribution < 1.29 is 4.42 Å². The van der Waals surface area contributed by atoms with Gasteiger partial charge in [-0.1, -0.05) is 6.92 Å². The van der Waals surface area contributed by atoms with Gasteiger partial charge in [-0.3, -0.25) is 4.90 Å². The lowest BCUT2D eigenvalue weighted by atomic mass is 10.1. The summed E-state index contributed by atoms with van der Waals surface area (Å²) in [5.74, 6) is 2.01. The number of furan rings is 1. The Hall–Kier alpha value is -1.68. The first-order valence-corrected chi connectivity index (χ1v) is 6.93. The van der Waals surface area contributed by atoms with Gasteiger partial charge in [0.15, 0.2) is 0 Å². The Bertz CT molecular complexity index is 536. The molecule has 0 N–H and O–H groups in total. The molecule has 2 aromatic heterocycles. The van der Waals surface area contributed by atoms with Crippen LogP contribution in [0.15, 0.2) is 29.0 Å². The van der Waals surface area contributed by atoms with Crippen LogP contribution in [0.4, 0.5) is 0 Å². The van der Waals surface area contributed by atoms with Crippen molar-refractivity contribution in [3.05, 3.63) is 47.4 Å². The topological polar surface area (TPSA) is 42.2 Å². The van der Waals surface area contributed by atoms with Crippen LogP contribution in [0.3, 0.4) is 0 Å². The third kappa shape index (κ3) is 2.84. The van der Waals surface area contributed by atoms with Gasteiger partial charge in [-0.2, -0.15) is 0 Å². The van der Waals surface area contributed by atoms with Crippen molar-refractivity contribution in [3.63, 3.8) is 0 Å². The Labute approximate surface area is 113 Å². The van der Waals surface area contributed by atoms with Crippen molar-refractivity contribution in [2.24, 2.45) is 0 Å². The first-order valence-electron chi connectivity index (χ1n) is 6.93. The maximum atomic E-state index is 5.40. The molecule has 0 fully saturated rings. The van der Waals surface area contributed by atoms with E-state index in [1.165, 1.54) is 11.3 Å². The van der Waals surface area contributed by atoms with E-state index in [4.69, 9.17) is 4.42 Å². The van der Waals surface area contributed by atoms with Crippen LogP contribution in [0.2, 0.25) is 0 Å². The molecule has 4 heteroatoms. The predicted octanol–water partition coefficient (Wildman–Crippen LogP) is 2.58. The maximum Gasteiger partial charge on any atom is 0.128 e. The molecule has 0 unspecified atom stereocenters. The van der Waals surface area contributed by atoms with Gasteiger partial charge >= 0.3 is 0 Å². The van der Waals surface area contributed by atoms with E-state index in [-0.39, 0.29) is 0 Å². The van der Waals surface area contributed by atoms with E-state index < -0.39 is 0 Å². The molecular weight excluding hydrogens is 238 g/mol. The van der Waals surface area contributed by atoms with Crippen LogP contribution in [0, 0.1) is 0 Å². The van der Waals surface area contributed by atoms with E-state index in [2.05, 4.69) is 21.8 Å². The van der Waals surface area contributed by atoms with Crippen molar-refractivity contribution in [2.45, 2.75) is 39.3 Å². The molecular formula is C15H19N3O. The van der Waals surface area contributed by atoms with Crippen LogP contribution < -0.4 is 0 Å². The summed E-state index contributed by atoms with van der Waals surface area (Å²) >= 11 is 0. The molecule has 2 aromatic rings. The second-order valence-corrected chi connectivity index (χ2v) is 5.05. The molecule has 0 amide bonds. The molecule has 0 saturated heterocycles. The molecule has 0 aromatic carbocycles. The monoisotopic (exact) mass is 257 g/mol. The number of hydrogen-bond acceptors (Lipinski definition) is 4. The highest BCUT2D eigenvalue weighted by molar-refractivity contribution is 5.20. The molecule has 100 valence electrons. The Morgan fingerprint density at radius 3 is 3.16 bits per heavy atom.